The van der Waals surface area contributed by atoms with Crippen molar-refractivity contribution in [1.29, 1.82) is 0 Å². The fraction of sp³-hybridized carbons (Fsp3) is 0.455. The maximum atomic E-state index is 10.4. The van der Waals surface area contributed by atoms with Crippen LogP contribution in [0.4, 0.5) is 5.69 Å². The number of non-ortho nitro benzene ring substituents is 1. The van der Waals surface area contributed by atoms with E-state index in [1.807, 2.05) is 0 Å². The molecule has 0 radical (unpaired) electrons. The van der Waals surface area contributed by atoms with E-state index in [0.717, 1.165) is 11.3 Å². The minimum atomic E-state index is -0.385. The summed E-state index contributed by atoms with van der Waals surface area (Å²) < 4.78 is 3.29. The maximum Gasteiger partial charge on any atom is 0.269 e. The smallest absolute Gasteiger partial charge is 0.259 e. The van der Waals surface area contributed by atoms with Gasteiger partial charge in [0.05, 0.1) is 4.92 Å². The van der Waals surface area contributed by atoms with Crippen molar-refractivity contribution in [3.8, 4) is 0 Å². The van der Waals surface area contributed by atoms with Gasteiger partial charge in [0.15, 0.2) is 0 Å². The molecule has 16 heavy (non-hydrogen) atoms. The molecular formula is C11H16N2O2S. The predicted molar refractivity (Wildman–Crippen MR) is 67.3 cm³/mol. The number of hydrogen-bond donors (Lipinski definition) is 1. The highest BCUT2D eigenvalue weighted by Crippen LogP contribution is 2.16. The predicted octanol–water partition coefficient (Wildman–Crippen LogP) is 3.13. The highest BCUT2D eigenvalue weighted by Gasteiger charge is 2.09. The normalized spacial score (nSPS) is 11.4. The largest absolute Gasteiger partial charge is 0.269 e. The van der Waals surface area contributed by atoms with E-state index >= 15 is 0 Å². The van der Waals surface area contributed by atoms with Crippen LogP contribution < -0.4 is 4.72 Å². The zero-order chi connectivity index (χ0) is 12.2. The molecule has 1 aromatic rings. The van der Waals surface area contributed by atoms with E-state index in [0.29, 0.717) is 0 Å². The number of hydrogen-bond acceptors (Lipinski definition) is 4. The summed E-state index contributed by atoms with van der Waals surface area (Å²) in [6.07, 6.45) is 0. The zero-order valence-electron chi connectivity index (χ0n) is 9.69. The average molecular weight is 240 g/mol. The molecule has 0 spiro atoms. The molecule has 0 bridgehead atoms. The molecule has 5 heteroatoms. The minimum Gasteiger partial charge on any atom is -0.259 e. The summed E-state index contributed by atoms with van der Waals surface area (Å²) in [6, 6.07) is 6.64. The van der Waals surface area contributed by atoms with Crippen molar-refractivity contribution in [1.82, 2.24) is 4.72 Å². The van der Waals surface area contributed by atoms with Gasteiger partial charge in [-0.05, 0) is 26.3 Å². The van der Waals surface area contributed by atoms with Crippen molar-refractivity contribution in [3.05, 3.63) is 39.9 Å². The van der Waals surface area contributed by atoms with Crippen LogP contribution in [0.15, 0.2) is 24.3 Å². The topological polar surface area (TPSA) is 55.2 Å². The highest BCUT2D eigenvalue weighted by molar-refractivity contribution is 7.96. The Balaban J connectivity index is 2.47. The van der Waals surface area contributed by atoms with E-state index in [1.165, 1.54) is 12.1 Å². The summed E-state index contributed by atoms with van der Waals surface area (Å²) in [5, 5.41) is 10.4. The van der Waals surface area contributed by atoms with Crippen molar-refractivity contribution in [2.75, 3.05) is 0 Å². The van der Waals surface area contributed by atoms with E-state index in [9.17, 15) is 10.1 Å². The number of rotatable bonds is 4. The molecule has 1 rings (SSSR count). The molecule has 0 saturated carbocycles. The second-order valence-corrected chi connectivity index (χ2v) is 5.35. The molecule has 0 aromatic heterocycles. The molecule has 0 heterocycles. The molecule has 0 saturated heterocycles. The second-order valence-electron chi connectivity index (χ2n) is 4.56. The highest BCUT2D eigenvalue weighted by atomic mass is 32.2. The second kappa shape index (κ2) is 5.32. The monoisotopic (exact) mass is 240 g/mol. The first-order valence-electron chi connectivity index (χ1n) is 5.01. The molecular weight excluding hydrogens is 224 g/mol. The van der Waals surface area contributed by atoms with Crippen LogP contribution in [-0.4, -0.2) is 10.5 Å². The van der Waals surface area contributed by atoms with Gasteiger partial charge in [-0.2, -0.15) is 0 Å². The van der Waals surface area contributed by atoms with E-state index in [4.69, 9.17) is 0 Å². The van der Waals surface area contributed by atoms with Gasteiger partial charge in [-0.1, -0.05) is 24.1 Å². The lowest BCUT2D eigenvalue weighted by molar-refractivity contribution is -0.384. The van der Waals surface area contributed by atoms with E-state index in [-0.39, 0.29) is 16.1 Å². The zero-order valence-corrected chi connectivity index (χ0v) is 10.5. The number of nitro benzene ring substituents is 1. The van der Waals surface area contributed by atoms with Gasteiger partial charge in [0.1, 0.15) is 0 Å². The van der Waals surface area contributed by atoms with E-state index < -0.39 is 0 Å². The third kappa shape index (κ3) is 4.63. The van der Waals surface area contributed by atoms with Gasteiger partial charge >= 0.3 is 0 Å². The molecule has 1 aromatic carbocycles. The molecule has 0 amide bonds. The molecule has 0 fully saturated rings. The Kier molecular flexibility index (Phi) is 4.32. The van der Waals surface area contributed by atoms with Crippen molar-refractivity contribution >= 4 is 17.6 Å². The molecule has 0 aliphatic rings. The van der Waals surface area contributed by atoms with Crippen LogP contribution in [0.2, 0.25) is 0 Å². The number of nitrogens with one attached hydrogen (secondary N) is 1. The number of nitrogens with zero attached hydrogens (tertiary/aromatic N) is 1. The Morgan fingerprint density at radius 3 is 2.31 bits per heavy atom. The van der Waals surface area contributed by atoms with Gasteiger partial charge in [-0.25, -0.2) is 0 Å². The summed E-state index contributed by atoms with van der Waals surface area (Å²) in [4.78, 5) is 10.1. The first-order chi connectivity index (χ1) is 7.38. The third-order valence-electron chi connectivity index (χ3n) is 1.76. The van der Waals surface area contributed by atoms with Crippen LogP contribution in [0.5, 0.6) is 0 Å². The lowest BCUT2D eigenvalue weighted by Crippen LogP contribution is -2.29. The van der Waals surface area contributed by atoms with Crippen LogP contribution in [0.3, 0.4) is 0 Å². The summed E-state index contributed by atoms with van der Waals surface area (Å²) in [7, 11) is 0. The first-order valence-corrected chi connectivity index (χ1v) is 5.99. The van der Waals surface area contributed by atoms with Crippen molar-refractivity contribution < 1.29 is 4.92 Å². The van der Waals surface area contributed by atoms with Crippen molar-refractivity contribution in [2.45, 2.75) is 32.1 Å². The van der Waals surface area contributed by atoms with Gasteiger partial charge in [0, 0.05) is 23.4 Å². The molecule has 88 valence electrons. The van der Waals surface area contributed by atoms with Crippen molar-refractivity contribution in [2.24, 2.45) is 0 Å². The van der Waals surface area contributed by atoms with Gasteiger partial charge in [0.25, 0.3) is 5.69 Å². The SMILES string of the molecule is CC(C)(C)NSCc1ccc([N+](=O)[O-])cc1. The third-order valence-corrected chi connectivity index (χ3v) is 3.00. The lowest BCUT2D eigenvalue weighted by atomic mass is 10.1. The fourth-order valence-electron chi connectivity index (χ4n) is 1.05. The molecule has 0 aliphatic heterocycles. The molecule has 4 nitrogen and oxygen atoms in total. The Morgan fingerprint density at radius 1 is 1.31 bits per heavy atom. The van der Waals surface area contributed by atoms with Crippen LogP contribution in [0, 0.1) is 10.1 Å². The Morgan fingerprint density at radius 2 is 1.88 bits per heavy atom. The Bertz CT molecular complexity index is 357. The summed E-state index contributed by atoms with van der Waals surface area (Å²) in [5.74, 6) is 0.801. The first kappa shape index (κ1) is 13.0. The van der Waals surface area contributed by atoms with Crippen LogP contribution in [0.1, 0.15) is 26.3 Å². The number of nitro groups is 1. The van der Waals surface area contributed by atoms with Gasteiger partial charge < -0.3 is 0 Å². The molecule has 1 N–H and O–H groups in total. The average Bonchev–Trinajstić information content (AvgIpc) is 2.16. The molecule has 0 aliphatic carbocycles. The molecule has 0 atom stereocenters. The lowest BCUT2D eigenvalue weighted by Gasteiger charge is -2.19. The van der Waals surface area contributed by atoms with Crippen molar-refractivity contribution in [3.63, 3.8) is 0 Å². The standard InChI is InChI=1S/C11H16N2O2S/c1-11(2,3)12-16-8-9-4-6-10(7-5-9)13(14)15/h4-7,12H,8H2,1-3H3. The van der Waals surface area contributed by atoms with E-state index in [2.05, 4.69) is 25.5 Å². The van der Waals surface area contributed by atoms with Crippen LogP contribution in [-0.2, 0) is 5.75 Å². The summed E-state index contributed by atoms with van der Waals surface area (Å²) >= 11 is 1.61. The van der Waals surface area contributed by atoms with Gasteiger partial charge in [-0.3, -0.25) is 14.8 Å². The minimum absolute atomic E-state index is 0.0748. The Labute approximate surface area is 99.7 Å². The fourth-order valence-corrected chi connectivity index (χ4v) is 1.91. The van der Waals surface area contributed by atoms with E-state index in [1.54, 1.807) is 24.1 Å². The van der Waals surface area contributed by atoms with Gasteiger partial charge in [0.2, 0.25) is 0 Å². The summed E-state index contributed by atoms with van der Waals surface area (Å²) in [5.41, 5.74) is 1.29. The van der Waals surface area contributed by atoms with Gasteiger partial charge in [-0.15, -0.1) is 0 Å². The summed E-state index contributed by atoms with van der Waals surface area (Å²) in [6.45, 7) is 6.28. The van der Waals surface area contributed by atoms with Crippen LogP contribution in [0.25, 0.3) is 0 Å². The Hall–Kier alpha value is -1.07. The molecule has 0 unspecified atom stereocenters. The quantitative estimate of drug-likeness (QED) is 0.499. The number of benzene rings is 1. The van der Waals surface area contributed by atoms with Crippen LogP contribution >= 0.6 is 11.9 Å². The maximum absolute atomic E-state index is 10.4.